The van der Waals surface area contributed by atoms with Crippen LogP contribution >= 0.6 is 0 Å². The second-order valence-electron chi connectivity index (χ2n) is 6.08. The molecular formula is C20H17N3O4. The first-order chi connectivity index (χ1) is 13.1. The van der Waals surface area contributed by atoms with Crippen LogP contribution in [0.3, 0.4) is 0 Å². The Kier molecular flexibility index (Phi) is 4.12. The van der Waals surface area contributed by atoms with Crippen LogP contribution in [0.2, 0.25) is 0 Å². The molecular weight excluding hydrogens is 346 g/mol. The number of methoxy groups -OCH3 is 2. The number of esters is 1. The fourth-order valence-electron chi connectivity index (χ4n) is 3.15. The van der Waals surface area contributed by atoms with Crippen molar-refractivity contribution in [3.63, 3.8) is 0 Å². The molecule has 0 unspecified atom stereocenters. The topological polar surface area (TPSA) is 74.8 Å². The van der Waals surface area contributed by atoms with Gasteiger partial charge in [0, 0.05) is 0 Å². The Hall–Kier alpha value is -3.61. The fraction of sp³-hybridized carbons (Fsp3) is 0.150. The van der Waals surface area contributed by atoms with E-state index in [0.717, 1.165) is 16.8 Å². The number of hydrogen-bond acceptors (Lipinski definition) is 5. The number of benzene rings is 2. The lowest BCUT2D eigenvalue weighted by atomic mass is 10.1. The Bertz CT molecular complexity index is 1210. The lowest BCUT2D eigenvalue weighted by Crippen LogP contribution is -2.23. The molecule has 0 spiro atoms. The van der Waals surface area contributed by atoms with Crippen molar-refractivity contribution in [2.45, 2.75) is 6.54 Å². The van der Waals surface area contributed by atoms with Crippen LogP contribution < -0.4 is 10.3 Å². The number of fused-ring (bicyclic) bond motifs is 3. The van der Waals surface area contributed by atoms with Crippen LogP contribution in [-0.4, -0.2) is 34.1 Å². The number of imidazole rings is 1. The summed E-state index contributed by atoms with van der Waals surface area (Å²) in [5.74, 6) is 0.293. The molecule has 0 fully saturated rings. The van der Waals surface area contributed by atoms with Gasteiger partial charge in [-0.1, -0.05) is 12.1 Å². The van der Waals surface area contributed by atoms with Crippen molar-refractivity contribution >= 4 is 22.5 Å². The number of carbonyl (C=O) groups is 1. The van der Waals surface area contributed by atoms with Crippen LogP contribution in [0.4, 0.5) is 0 Å². The average Bonchev–Trinajstić information content (AvgIpc) is 3.21. The number of carbonyl (C=O) groups excluding carboxylic acids is 1. The molecule has 0 bridgehead atoms. The van der Waals surface area contributed by atoms with Gasteiger partial charge >= 0.3 is 5.97 Å². The second-order valence-corrected chi connectivity index (χ2v) is 6.08. The molecule has 0 saturated carbocycles. The monoisotopic (exact) mass is 363 g/mol. The number of aromatic nitrogens is 3. The largest absolute Gasteiger partial charge is 0.497 e. The maximum Gasteiger partial charge on any atom is 0.337 e. The molecule has 0 aliphatic rings. The predicted molar refractivity (Wildman–Crippen MR) is 100 cm³/mol. The number of rotatable bonds is 4. The minimum atomic E-state index is -0.453. The molecule has 0 amide bonds. The molecule has 0 N–H and O–H groups in total. The van der Waals surface area contributed by atoms with E-state index in [1.165, 1.54) is 7.11 Å². The highest BCUT2D eigenvalue weighted by atomic mass is 16.5. The zero-order valence-electron chi connectivity index (χ0n) is 14.9. The second kappa shape index (κ2) is 6.60. The fourth-order valence-corrected chi connectivity index (χ4v) is 3.15. The first-order valence-electron chi connectivity index (χ1n) is 8.32. The normalized spacial score (nSPS) is 11.0. The summed E-state index contributed by atoms with van der Waals surface area (Å²) in [7, 11) is 2.94. The van der Waals surface area contributed by atoms with Crippen LogP contribution in [-0.2, 0) is 11.3 Å². The highest BCUT2D eigenvalue weighted by Crippen LogP contribution is 2.19. The molecule has 7 nitrogen and oxygen atoms in total. The Morgan fingerprint density at radius 1 is 1.04 bits per heavy atom. The van der Waals surface area contributed by atoms with Gasteiger partial charge in [-0.05, 0) is 35.9 Å². The molecule has 0 atom stereocenters. The van der Waals surface area contributed by atoms with E-state index in [9.17, 15) is 9.59 Å². The van der Waals surface area contributed by atoms with Crippen molar-refractivity contribution in [2.75, 3.05) is 14.2 Å². The van der Waals surface area contributed by atoms with Gasteiger partial charge in [0.15, 0.2) is 0 Å². The first kappa shape index (κ1) is 16.8. The van der Waals surface area contributed by atoms with Gasteiger partial charge in [-0.3, -0.25) is 9.20 Å². The molecule has 2 aromatic heterocycles. The maximum absolute atomic E-state index is 13.0. The molecule has 0 aliphatic heterocycles. The Morgan fingerprint density at radius 3 is 2.52 bits per heavy atom. The third-order valence-electron chi connectivity index (χ3n) is 4.55. The van der Waals surface area contributed by atoms with E-state index in [-0.39, 0.29) is 5.56 Å². The highest BCUT2D eigenvalue weighted by molar-refractivity contribution is 5.94. The van der Waals surface area contributed by atoms with Crippen molar-refractivity contribution in [1.29, 1.82) is 0 Å². The molecule has 0 saturated heterocycles. The lowest BCUT2D eigenvalue weighted by molar-refractivity contribution is 0.0601. The third kappa shape index (κ3) is 2.83. The standard InChI is InChI=1S/C20H17N3O4/c1-26-15-6-3-13(4-7-15)11-22-17-9-14(20(25)27-2)5-8-16(17)23-12-21-10-18(23)19(22)24/h3-10,12H,11H2,1-2H3. The summed E-state index contributed by atoms with van der Waals surface area (Å²) in [4.78, 5) is 29.1. The van der Waals surface area contributed by atoms with E-state index in [4.69, 9.17) is 9.47 Å². The third-order valence-corrected chi connectivity index (χ3v) is 4.55. The first-order valence-corrected chi connectivity index (χ1v) is 8.32. The lowest BCUT2D eigenvalue weighted by Gasteiger charge is -2.13. The summed E-state index contributed by atoms with van der Waals surface area (Å²) < 4.78 is 13.4. The Balaban J connectivity index is 1.95. The number of nitrogens with zero attached hydrogens (tertiary/aromatic N) is 3. The zero-order valence-corrected chi connectivity index (χ0v) is 14.9. The van der Waals surface area contributed by atoms with E-state index in [1.54, 1.807) is 46.8 Å². The van der Waals surface area contributed by atoms with Gasteiger partial charge in [-0.15, -0.1) is 0 Å². The SMILES string of the molecule is COC(=O)c1ccc2c(c1)n(Cc1ccc(OC)cc1)c(=O)c1cncn12. The van der Waals surface area contributed by atoms with Gasteiger partial charge in [-0.2, -0.15) is 0 Å². The van der Waals surface area contributed by atoms with Crippen molar-refractivity contribution < 1.29 is 14.3 Å². The van der Waals surface area contributed by atoms with Gasteiger partial charge in [0.25, 0.3) is 5.56 Å². The summed E-state index contributed by atoms with van der Waals surface area (Å²) >= 11 is 0. The van der Waals surface area contributed by atoms with E-state index < -0.39 is 5.97 Å². The molecule has 27 heavy (non-hydrogen) atoms. The molecule has 2 heterocycles. The average molecular weight is 363 g/mol. The van der Waals surface area contributed by atoms with Gasteiger partial charge in [-0.25, -0.2) is 9.78 Å². The van der Waals surface area contributed by atoms with E-state index in [1.807, 2.05) is 24.3 Å². The van der Waals surface area contributed by atoms with Gasteiger partial charge in [0.1, 0.15) is 11.3 Å². The van der Waals surface area contributed by atoms with E-state index in [2.05, 4.69) is 4.98 Å². The predicted octanol–water partition coefficient (Wildman–Crippen LogP) is 2.49. The van der Waals surface area contributed by atoms with Crippen molar-refractivity contribution in [3.05, 3.63) is 76.5 Å². The summed E-state index contributed by atoms with van der Waals surface area (Å²) in [6.45, 7) is 0.353. The van der Waals surface area contributed by atoms with Crippen molar-refractivity contribution in [1.82, 2.24) is 14.0 Å². The minimum absolute atomic E-state index is 0.183. The minimum Gasteiger partial charge on any atom is -0.497 e. The molecule has 4 rings (SSSR count). The Labute approximate surface area is 154 Å². The molecule has 4 aromatic rings. The van der Waals surface area contributed by atoms with Crippen LogP contribution in [0, 0.1) is 0 Å². The molecule has 0 aliphatic carbocycles. The van der Waals surface area contributed by atoms with Crippen LogP contribution in [0.1, 0.15) is 15.9 Å². The molecule has 7 heteroatoms. The smallest absolute Gasteiger partial charge is 0.337 e. The van der Waals surface area contributed by atoms with Crippen molar-refractivity contribution in [2.24, 2.45) is 0 Å². The summed E-state index contributed by atoms with van der Waals surface area (Å²) in [6, 6.07) is 12.6. The quantitative estimate of drug-likeness (QED) is 0.521. The summed E-state index contributed by atoms with van der Waals surface area (Å²) in [6.07, 6.45) is 3.13. The van der Waals surface area contributed by atoms with Crippen LogP contribution in [0.5, 0.6) is 5.75 Å². The Morgan fingerprint density at radius 2 is 1.81 bits per heavy atom. The van der Waals surface area contributed by atoms with Gasteiger partial charge in [0.05, 0.1) is 49.9 Å². The van der Waals surface area contributed by atoms with Crippen LogP contribution in [0.25, 0.3) is 16.6 Å². The van der Waals surface area contributed by atoms with Crippen molar-refractivity contribution in [3.8, 4) is 5.75 Å². The zero-order chi connectivity index (χ0) is 19.0. The molecule has 2 aromatic carbocycles. The summed E-state index contributed by atoms with van der Waals surface area (Å²) in [5.41, 5.74) is 3.02. The highest BCUT2D eigenvalue weighted by Gasteiger charge is 2.14. The van der Waals surface area contributed by atoms with E-state index in [0.29, 0.717) is 23.1 Å². The number of ether oxygens (including phenoxy) is 2. The molecule has 0 radical (unpaired) electrons. The van der Waals surface area contributed by atoms with Gasteiger partial charge in [0.2, 0.25) is 0 Å². The molecule has 136 valence electrons. The maximum atomic E-state index is 13.0. The van der Waals surface area contributed by atoms with E-state index >= 15 is 0 Å². The summed E-state index contributed by atoms with van der Waals surface area (Å²) in [5, 5.41) is 0. The number of hydrogen-bond donors (Lipinski definition) is 0. The van der Waals surface area contributed by atoms with Gasteiger partial charge < -0.3 is 14.0 Å². The van der Waals surface area contributed by atoms with Crippen LogP contribution in [0.15, 0.2) is 59.8 Å².